The predicted octanol–water partition coefficient (Wildman–Crippen LogP) is 3.91. The number of nitrogens with one attached hydrogen (secondary N) is 1. The maximum absolute atomic E-state index is 13.0. The molecular weight excluding hydrogens is 540 g/mol. The lowest BCUT2D eigenvalue weighted by Gasteiger charge is -2.35. The highest BCUT2D eigenvalue weighted by molar-refractivity contribution is 5.98. The second-order valence-corrected chi connectivity index (χ2v) is 9.53. The molecule has 2 atom stereocenters. The molecule has 1 unspecified atom stereocenters. The van der Waals surface area contributed by atoms with Crippen LogP contribution < -0.4 is 11.1 Å². The Labute approximate surface area is 243 Å². The van der Waals surface area contributed by atoms with Gasteiger partial charge in [0.2, 0.25) is 11.9 Å². The smallest absolute Gasteiger partial charge is 0.437 e. The van der Waals surface area contributed by atoms with Crippen LogP contribution in [0.25, 0.3) is 0 Å². The summed E-state index contributed by atoms with van der Waals surface area (Å²) in [6.45, 7) is 0.0212. The van der Waals surface area contributed by atoms with E-state index in [2.05, 4.69) is 10.3 Å². The molecule has 3 aromatic carbocycles. The lowest BCUT2D eigenvalue weighted by Crippen LogP contribution is -2.62. The Morgan fingerprint density at radius 3 is 1.79 bits per heavy atom. The fraction of sp³-hybridized carbons (Fsp3) is 0.258. The van der Waals surface area contributed by atoms with E-state index in [0.717, 1.165) is 21.6 Å². The normalized spacial score (nSPS) is 16.0. The van der Waals surface area contributed by atoms with E-state index < -0.39 is 36.1 Å². The zero-order valence-corrected chi connectivity index (χ0v) is 22.9. The number of nitrogens with zero attached hydrogens (tertiary/aromatic N) is 2. The van der Waals surface area contributed by atoms with Gasteiger partial charge in [-0.2, -0.15) is 0 Å². The molecule has 0 spiro atoms. The third-order valence-corrected chi connectivity index (χ3v) is 6.52. The molecule has 3 amide bonds. The van der Waals surface area contributed by atoms with E-state index in [1.165, 1.54) is 0 Å². The van der Waals surface area contributed by atoms with Crippen LogP contribution in [0.2, 0.25) is 0 Å². The molecule has 4 rings (SSSR count). The van der Waals surface area contributed by atoms with Gasteiger partial charge in [-0.05, 0) is 29.5 Å². The Bertz CT molecular complexity index is 1380. The van der Waals surface area contributed by atoms with Crippen LogP contribution >= 0.6 is 0 Å². The number of esters is 1. The number of guanidine groups is 1. The average Bonchev–Trinajstić information content (AvgIpc) is 3.01. The molecule has 11 nitrogen and oxygen atoms in total. The monoisotopic (exact) mass is 572 g/mol. The van der Waals surface area contributed by atoms with Crippen LogP contribution in [0.1, 0.15) is 29.5 Å². The average molecular weight is 573 g/mol. The quantitative estimate of drug-likeness (QED) is 0.115. The van der Waals surface area contributed by atoms with Crippen LogP contribution in [-0.4, -0.2) is 47.5 Å². The minimum atomic E-state index is -0.975. The van der Waals surface area contributed by atoms with Gasteiger partial charge in [-0.1, -0.05) is 91.0 Å². The maximum Gasteiger partial charge on any atom is 0.437 e. The highest BCUT2D eigenvalue weighted by atomic mass is 16.6. The summed E-state index contributed by atoms with van der Waals surface area (Å²) in [4.78, 5) is 54.8. The second-order valence-electron chi connectivity index (χ2n) is 9.53. The highest BCUT2D eigenvalue weighted by Crippen LogP contribution is 2.23. The van der Waals surface area contributed by atoms with Crippen LogP contribution in [0.15, 0.2) is 96.0 Å². The van der Waals surface area contributed by atoms with E-state index in [4.69, 9.17) is 19.9 Å². The van der Waals surface area contributed by atoms with Gasteiger partial charge in [0.05, 0.1) is 5.92 Å². The molecule has 1 aliphatic heterocycles. The number of benzene rings is 3. The summed E-state index contributed by atoms with van der Waals surface area (Å²) in [5.74, 6) is -1.88. The summed E-state index contributed by atoms with van der Waals surface area (Å²) in [6.07, 6.45) is -1.29. The molecule has 3 N–H and O–H groups in total. The van der Waals surface area contributed by atoms with Crippen molar-refractivity contribution in [1.29, 1.82) is 0 Å². The first-order valence-corrected chi connectivity index (χ1v) is 13.4. The van der Waals surface area contributed by atoms with Gasteiger partial charge in [-0.25, -0.2) is 19.3 Å². The molecule has 1 heterocycles. The molecule has 1 aliphatic rings. The van der Waals surface area contributed by atoms with Gasteiger partial charge in [0, 0.05) is 6.54 Å². The van der Waals surface area contributed by atoms with Gasteiger partial charge in [0.25, 0.3) is 0 Å². The molecule has 0 radical (unpaired) electrons. The lowest BCUT2D eigenvalue weighted by molar-refractivity contribution is -0.159. The van der Waals surface area contributed by atoms with Gasteiger partial charge < -0.3 is 25.3 Å². The van der Waals surface area contributed by atoms with E-state index in [0.29, 0.717) is 0 Å². The number of hydrogen-bond acceptors (Lipinski definition) is 7. The molecular formula is C31H32N4O7. The van der Waals surface area contributed by atoms with Crippen molar-refractivity contribution in [2.75, 3.05) is 6.54 Å². The number of carbonyl (C=O) groups excluding carboxylic acids is 4. The summed E-state index contributed by atoms with van der Waals surface area (Å²) >= 11 is 0. The number of rotatable bonds is 11. The standard InChI is InChI=1S/C31H32N4O7/c32-29(34-30(38)41-20-23-13-6-2-7-14-23)35(31(39)42-21-24-15-8-3-9-16-24)18-10-17-25-26(33-27(25)36)28(37)40-19-22-11-4-1-5-12-22/h1-9,11-16,25-26H,10,17-21H2,(H,33,36)(H2,32,34,38)/t25-,26?/m1/s1. The van der Waals surface area contributed by atoms with Crippen molar-refractivity contribution in [2.24, 2.45) is 16.6 Å². The van der Waals surface area contributed by atoms with Crippen LogP contribution in [0, 0.1) is 5.92 Å². The number of nitrogens with two attached hydrogens (primary N) is 1. The molecule has 3 aromatic rings. The Morgan fingerprint density at radius 2 is 1.26 bits per heavy atom. The predicted molar refractivity (Wildman–Crippen MR) is 152 cm³/mol. The van der Waals surface area contributed by atoms with Crippen LogP contribution in [0.3, 0.4) is 0 Å². The first-order valence-electron chi connectivity index (χ1n) is 13.4. The van der Waals surface area contributed by atoms with Gasteiger partial charge in [-0.3, -0.25) is 4.79 Å². The van der Waals surface area contributed by atoms with E-state index in [1.54, 1.807) is 36.4 Å². The highest BCUT2D eigenvalue weighted by Gasteiger charge is 2.44. The maximum atomic E-state index is 13.0. The number of amides is 3. The largest absolute Gasteiger partial charge is 0.459 e. The van der Waals surface area contributed by atoms with Gasteiger partial charge in [-0.15, -0.1) is 4.99 Å². The molecule has 0 saturated carbocycles. The van der Waals surface area contributed by atoms with Crippen molar-refractivity contribution >= 4 is 30.0 Å². The molecule has 0 bridgehead atoms. The SMILES string of the molecule is NC(=NC(=O)OCc1ccccc1)N(CCC[C@H]1C(=O)NC1C(=O)OCc1ccccc1)C(=O)OCc1ccccc1. The first kappa shape index (κ1) is 29.8. The van der Waals surface area contributed by atoms with Crippen LogP contribution in [0.5, 0.6) is 0 Å². The fourth-order valence-corrected chi connectivity index (χ4v) is 4.23. The second kappa shape index (κ2) is 15.0. The first-order chi connectivity index (χ1) is 20.4. The Hall–Kier alpha value is -5.19. The number of β-lactam (4-membered cyclic amide) rings is 1. The van der Waals surface area contributed by atoms with E-state index in [1.807, 2.05) is 54.6 Å². The number of carbonyl (C=O) groups is 4. The van der Waals surface area contributed by atoms with E-state index in [-0.39, 0.29) is 45.1 Å². The van der Waals surface area contributed by atoms with Crippen molar-refractivity contribution in [2.45, 2.75) is 38.7 Å². The van der Waals surface area contributed by atoms with Crippen LogP contribution in [0.4, 0.5) is 9.59 Å². The Kier molecular flexibility index (Phi) is 10.6. The molecule has 218 valence electrons. The van der Waals surface area contributed by atoms with Crippen molar-refractivity contribution in [1.82, 2.24) is 10.2 Å². The summed E-state index contributed by atoms with van der Waals surface area (Å²) in [5.41, 5.74) is 8.38. The number of hydrogen-bond donors (Lipinski definition) is 2. The van der Waals surface area contributed by atoms with Gasteiger partial charge in [0.15, 0.2) is 0 Å². The fourth-order valence-electron chi connectivity index (χ4n) is 4.23. The number of aliphatic imine (C=N–C) groups is 1. The third-order valence-electron chi connectivity index (χ3n) is 6.52. The summed E-state index contributed by atoms with van der Waals surface area (Å²) in [7, 11) is 0. The zero-order valence-electron chi connectivity index (χ0n) is 22.9. The molecule has 1 fully saturated rings. The minimum Gasteiger partial charge on any atom is -0.459 e. The van der Waals surface area contributed by atoms with Crippen molar-refractivity contribution in [3.8, 4) is 0 Å². The van der Waals surface area contributed by atoms with Crippen LogP contribution in [-0.2, 0) is 43.6 Å². The Morgan fingerprint density at radius 1 is 0.762 bits per heavy atom. The van der Waals surface area contributed by atoms with Crippen molar-refractivity contribution in [3.05, 3.63) is 108 Å². The molecule has 11 heteroatoms. The van der Waals surface area contributed by atoms with Gasteiger partial charge >= 0.3 is 18.2 Å². The topological polar surface area (TPSA) is 150 Å². The third kappa shape index (κ3) is 8.65. The summed E-state index contributed by atoms with van der Waals surface area (Å²) in [6, 6.07) is 26.5. The lowest BCUT2D eigenvalue weighted by atomic mass is 9.86. The van der Waals surface area contributed by atoms with Crippen molar-refractivity contribution in [3.63, 3.8) is 0 Å². The van der Waals surface area contributed by atoms with Crippen molar-refractivity contribution < 1.29 is 33.4 Å². The summed E-state index contributed by atoms with van der Waals surface area (Å²) in [5, 5.41) is 2.58. The van der Waals surface area contributed by atoms with Gasteiger partial charge in [0.1, 0.15) is 25.9 Å². The molecule has 1 saturated heterocycles. The number of ether oxygens (including phenoxy) is 3. The molecule has 0 aliphatic carbocycles. The van der Waals surface area contributed by atoms with E-state index in [9.17, 15) is 19.2 Å². The zero-order chi connectivity index (χ0) is 29.7. The summed E-state index contributed by atoms with van der Waals surface area (Å²) < 4.78 is 15.9. The molecule has 42 heavy (non-hydrogen) atoms. The van der Waals surface area contributed by atoms with E-state index >= 15 is 0 Å². The minimum absolute atomic E-state index is 0.0204. The molecule has 0 aromatic heterocycles. The Balaban J connectivity index is 1.34.